The highest BCUT2D eigenvalue weighted by atomic mass is 16.2. The standard InChI is InChI=1S/C11H24N2O/c1-5-8-9-12-10(14)13-11(4,6-2)7-3/h5-9H2,1-4H3,(H2,12,13,14). The summed E-state index contributed by atoms with van der Waals surface area (Å²) in [6.45, 7) is 9.14. The topological polar surface area (TPSA) is 41.1 Å². The van der Waals surface area contributed by atoms with Crippen LogP contribution in [0.25, 0.3) is 0 Å². The third kappa shape index (κ3) is 5.10. The van der Waals surface area contributed by atoms with E-state index in [9.17, 15) is 4.79 Å². The molecule has 0 spiro atoms. The molecule has 0 radical (unpaired) electrons. The van der Waals surface area contributed by atoms with Crippen molar-refractivity contribution >= 4 is 6.03 Å². The number of amides is 2. The molecule has 0 aromatic rings. The summed E-state index contributed by atoms with van der Waals surface area (Å²) in [4.78, 5) is 11.4. The normalized spacial score (nSPS) is 11.1. The predicted octanol–water partition coefficient (Wildman–Crippen LogP) is 2.66. The van der Waals surface area contributed by atoms with Crippen molar-refractivity contribution in [3.63, 3.8) is 0 Å². The Kier molecular flexibility index (Phi) is 6.34. The summed E-state index contributed by atoms with van der Waals surface area (Å²) in [5, 5.41) is 5.86. The van der Waals surface area contributed by atoms with Gasteiger partial charge >= 0.3 is 6.03 Å². The molecular formula is C11H24N2O. The Bertz CT molecular complexity index is 165. The van der Waals surface area contributed by atoms with Gasteiger partial charge in [-0.2, -0.15) is 0 Å². The van der Waals surface area contributed by atoms with Gasteiger partial charge in [0.15, 0.2) is 0 Å². The highest BCUT2D eigenvalue weighted by Gasteiger charge is 2.21. The van der Waals surface area contributed by atoms with Crippen LogP contribution >= 0.6 is 0 Å². The van der Waals surface area contributed by atoms with Gasteiger partial charge in [-0.3, -0.25) is 0 Å². The van der Waals surface area contributed by atoms with Crippen LogP contribution in [-0.2, 0) is 0 Å². The number of hydrogen-bond donors (Lipinski definition) is 2. The third-order valence-corrected chi connectivity index (χ3v) is 2.79. The first-order valence-electron chi connectivity index (χ1n) is 5.64. The molecule has 0 aliphatic carbocycles. The van der Waals surface area contributed by atoms with Crippen molar-refractivity contribution in [3.05, 3.63) is 0 Å². The molecule has 0 unspecified atom stereocenters. The minimum absolute atomic E-state index is 0.0374. The van der Waals surface area contributed by atoms with Gasteiger partial charge in [0.1, 0.15) is 0 Å². The zero-order valence-electron chi connectivity index (χ0n) is 9.94. The average Bonchev–Trinajstić information content (AvgIpc) is 2.18. The number of carbonyl (C=O) groups excluding carboxylic acids is 1. The summed E-state index contributed by atoms with van der Waals surface area (Å²) in [7, 11) is 0. The molecule has 3 nitrogen and oxygen atoms in total. The Morgan fingerprint density at radius 3 is 2.21 bits per heavy atom. The molecule has 0 rings (SSSR count). The van der Waals surface area contributed by atoms with E-state index in [2.05, 4.69) is 38.3 Å². The number of urea groups is 1. The lowest BCUT2D eigenvalue weighted by Gasteiger charge is -2.28. The van der Waals surface area contributed by atoms with Gasteiger partial charge in [0.25, 0.3) is 0 Å². The lowest BCUT2D eigenvalue weighted by Crippen LogP contribution is -2.49. The maximum absolute atomic E-state index is 11.4. The summed E-state index contributed by atoms with van der Waals surface area (Å²) in [5.41, 5.74) is -0.0592. The minimum atomic E-state index is -0.0592. The fourth-order valence-electron chi connectivity index (χ4n) is 1.12. The second kappa shape index (κ2) is 6.68. The number of hydrogen-bond acceptors (Lipinski definition) is 1. The molecule has 0 aromatic heterocycles. The lowest BCUT2D eigenvalue weighted by atomic mass is 9.96. The summed E-state index contributed by atoms with van der Waals surface area (Å²) in [5.74, 6) is 0. The number of carbonyl (C=O) groups is 1. The van der Waals surface area contributed by atoms with E-state index in [0.29, 0.717) is 0 Å². The highest BCUT2D eigenvalue weighted by molar-refractivity contribution is 5.74. The van der Waals surface area contributed by atoms with Crippen molar-refractivity contribution in [2.75, 3.05) is 6.54 Å². The van der Waals surface area contributed by atoms with Gasteiger partial charge < -0.3 is 10.6 Å². The first kappa shape index (κ1) is 13.3. The molecule has 0 aliphatic rings. The SMILES string of the molecule is CCCCNC(=O)NC(C)(CC)CC. The molecule has 0 bridgehead atoms. The fourth-order valence-corrected chi connectivity index (χ4v) is 1.12. The van der Waals surface area contributed by atoms with Crippen LogP contribution in [0.1, 0.15) is 53.4 Å². The molecule has 0 saturated carbocycles. The van der Waals surface area contributed by atoms with Gasteiger partial charge in [-0.05, 0) is 26.2 Å². The number of unbranched alkanes of at least 4 members (excludes halogenated alkanes) is 1. The predicted molar refractivity (Wildman–Crippen MR) is 60.4 cm³/mol. The maximum atomic E-state index is 11.4. The molecule has 0 aliphatic heterocycles. The van der Waals surface area contributed by atoms with Crippen LogP contribution in [0.15, 0.2) is 0 Å². The highest BCUT2D eigenvalue weighted by Crippen LogP contribution is 2.12. The minimum Gasteiger partial charge on any atom is -0.338 e. The van der Waals surface area contributed by atoms with Crippen molar-refractivity contribution in [1.82, 2.24) is 10.6 Å². The van der Waals surface area contributed by atoms with Gasteiger partial charge in [-0.1, -0.05) is 27.2 Å². The van der Waals surface area contributed by atoms with E-state index in [4.69, 9.17) is 0 Å². The zero-order valence-corrected chi connectivity index (χ0v) is 9.94. The molecule has 2 amide bonds. The molecule has 2 N–H and O–H groups in total. The molecule has 84 valence electrons. The van der Waals surface area contributed by atoms with E-state index in [0.717, 1.165) is 32.2 Å². The van der Waals surface area contributed by atoms with Crippen LogP contribution in [-0.4, -0.2) is 18.1 Å². The van der Waals surface area contributed by atoms with Crippen molar-refractivity contribution < 1.29 is 4.79 Å². The van der Waals surface area contributed by atoms with Gasteiger partial charge in [0.2, 0.25) is 0 Å². The van der Waals surface area contributed by atoms with Crippen molar-refractivity contribution in [2.45, 2.75) is 58.9 Å². The smallest absolute Gasteiger partial charge is 0.315 e. The van der Waals surface area contributed by atoms with Gasteiger partial charge in [0, 0.05) is 12.1 Å². The first-order valence-corrected chi connectivity index (χ1v) is 5.64. The Morgan fingerprint density at radius 1 is 1.21 bits per heavy atom. The number of rotatable bonds is 6. The lowest BCUT2D eigenvalue weighted by molar-refractivity contribution is 0.224. The Hall–Kier alpha value is -0.730. The molecule has 0 atom stereocenters. The van der Waals surface area contributed by atoms with Crippen molar-refractivity contribution in [1.29, 1.82) is 0 Å². The average molecular weight is 200 g/mol. The Balaban J connectivity index is 3.80. The maximum Gasteiger partial charge on any atom is 0.315 e. The van der Waals surface area contributed by atoms with Gasteiger partial charge in [0.05, 0.1) is 0 Å². The molecule has 14 heavy (non-hydrogen) atoms. The second-order valence-corrected chi connectivity index (χ2v) is 4.00. The molecule has 0 fully saturated rings. The first-order chi connectivity index (χ1) is 6.58. The van der Waals surface area contributed by atoms with Crippen LogP contribution in [0.5, 0.6) is 0 Å². The van der Waals surface area contributed by atoms with Crippen molar-refractivity contribution in [3.8, 4) is 0 Å². The van der Waals surface area contributed by atoms with Crippen LogP contribution < -0.4 is 10.6 Å². The number of nitrogens with one attached hydrogen (secondary N) is 2. The summed E-state index contributed by atoms with van der Waals surface area (Å²) in [6, 6.07) is -0.0374. The van der Waals surface area contributed by atoms with E-state index in [1.807, 2.05) is 0 Å². The van der Waals surface area contributed by atoms with Crippen LogP contribution in [0.4, 0.5) is 4.79 Å². The van der Waals surface area contributed by atoms with E-state index >= 15 is 0 Å². The molecule has 0 heterocycles. The van der Waals surface area contributed by atoms with Gasteiger partial charge in [-0.25, -0.2) is 4.79 Å². The summed E-state index contributed by atoms with van der Waals surface area (Å²) >= 11 is 0. The van der Waals surface area contributed by atoms with Gasteiger partial charge in [-0.15, -0.1) is 0 Å². The van der Waals surface area contributed by atoms with E-state index in [1.54, 1.807) is 0 Å². The molecule has 0 saturated heterocycles. The Labute approximate surface area is 87.6 Å². The third-order valence-electron chi connectivity index (χ3n) is 2.79. The second-order valence-electron chi connectivity index (χ2n) is 4.00. The van der Waals surface area contributed by atoms with Crippen molar-refractivity contribution in [2.24, 2.45) is 0 Å². The van der Waals surface area contributed by atoms with E-state index in [1.165, 1.54) is 0 Å². The summed E-state index contributed by atoms with van der Waals surface area (Å²) < 4.78 is 0. The largest absolute Gasteiger partial charge is 0.338 e. The Morgan fingerprint density at radius 2 is 1.79 bits per heavy atom. The molecule has 3 heteroatoms. The molecule has 0 aromatic carbocycles. The fraction of sp³-hybridized carbons (Fsp3) is 0.909. The van der Waals surface area contributed by atoms with Crippen LogP contribution in [0.2, 0.25) is 0 Å². The van der Waals surface area contributed by atoms with Crippen LogP contribution in [0, 0.1) is 0 Å². The monoisotopic (exact) mass is 200 g/mol. The molecular weight excluding hydrogens is 176 g/mol. The van der Waals surface area contributed by atoms with E-state index in [-0.39, 0.29) is 11.6 Å². The summed E-state index contributed by atoms with van der Waals surface area (Å²) in [6.07, 6.45) is 4.08. The van der Waals surface area contributed by atoms with E-state index < -0.39 is 0 Å². The van der Waals surface area contributed by atoms with Crippen LogP contribution in [0.3, 0.4) is 0 Å². The zero-order chi connectivity index (χ0) is 11.0. The quantitative estimate of drug-likeness (QED) is 0.636.